The Hall–Kier alpha value is -7.30. The van der Waals surface area contributed by atoms with Crippen LogP contribution in [0.5, 0.6) is 0 Å². The summed E-state index contributed by atoms with van der Waals surface area (Å²) in [6.07, 6.45) is 0. The minimum atomic E-state index is -0.417. The van der Waals surface area contributed by atoms with Gasteiger partial charge in [0.15, 0.2) is 0 Å². The van der Waals surface area contributed by atoms with E-state index in [-0.39, 0.29) is 33.9 Å². The van der Waals surface area contributed by atoms with Gasteiger partial charge >= 0.3 is 6.85 Å². The second-order valence-corrected chi connectivity index (χ2v) is 29.2. The van der Waals surface area contributed by atoms with Gasteiger partial charge in [0.25, 0.3) is 0 Å². The number of rotatable bonds is 4. The first-order chi connectivity index (χ1) is 37.1. The van der Waals surface area contributed by atoms with Crippen molar-refractivity contribution in [2.24, 2.45) is 5.41 Å². The topological polar surface area (TPSA) is 13.1 Å². The molecule has 0 amide bonds. The van der Waals surface area contributed by atoms with Crippen molar-refractivity contribution < 1.29 is 0 Å². The molecule has 0 fully saturated rings. The first-order valence-corrected chi connectivity index (χ1v) is 29.0. The van der Waals surface area contributed by atoms with Crippen LogP contribution in [0.1, 0.15) is 162 Å². The fraction of sp³-hybridized carbons (Fsp3) is 0.307. The number of benzene rings is 8. The molecule has 2 aliphatic heterocycles. The zero-order chi connectivity index (χ0) is 55.8. The highest BCUT2D eigenvalue weighted by Crippen LogP contribution is 2.61. The number of anilines is 1. The molecule has 0 saturated carbocycles. The van der Waals surface area contributed by atoms with Crippen molar-refractivity contribution in [2.75, 3.05) is 4.81 Å². The predicted octanol–water partition coefficient (Wildman–Crippen LogP) is 18.7. The smallest absolute Gasteiger partial charge is 0.332 e. The molecule has 4 heteroatoms. The Kier molecular flexibility index (Phi) is 10.9. The van der Waals surface area contributed by atoms with Crippen molar-refractivity contribution in [3.05, 3.63) is 214 Å². The molecule has 4 heterocycles. The first-order valence-electron chi connectivity index (χ1n) is 29.0. The third kappa shape index (κ3) is 7.74. The molecule has 3 nitrogen and oxygen atoms in total. The van der Waals surface area contributed by atoms with Crippen LogP contribution in [0.25, 0.3) is 71.7 Å². The fourth-order valence-electron chi connectivity index (χ4n) is 13.8. The molecule has 0 radical (unpaired) electrons. The highest BCUT2D eigenvalue weighted by molar-refractivity contribution is 6.93. The van der Waals surface area contributed by atoms with Gasteiger partial charge in [-0.2, -0.15) is 0 Å². The number of allylic oxidation sites excluding steroid dienone is 3. The summed E-state index contributed by atoms with van der Waals surface area (Å²) in [5, 5.41) is 5.16. The molecule has 0 N–H and O–H groups in total. The molecule has 396 valence electrons. The number of nitrogens with zero attached hydrogens (tertiary/aromatic N) is 3. The molecule has 10 aromatic rings. The zero-order valence-corrected chi connectivity index (χ0v) is 50.0. The van der Waals surface area contributed by atoms with Crippen LogP contribution in [0.3, 0.4) is 0 Å². The molecule has 13 rings (SSSR count). The summed E-state index contributed by atoms with van der Waals surface area (Å²) in [7, 11) is 0. The third-order valence-corrected chi connectivity index (χ3v) is 18.2. The maximum Gasteiger partial charge on any atom is 0.332 e. The van der Waals surface area contributed by atoms with Crippen LogP contribution in [0.15, 0.2) is 169 Å². The lowest BCUT2D eigenvalue weighted by Gasteiger charge is -2.47. The van der Waals surface area contributed by atoms with Gasteiger partial charge in [-0.1, -0.05) is 221 Å². The monoisotopic (exact) mass is 1030 g/mol. The summed E-state index contributed by atoms with van der Waals surface area (Å²) in [4.78, 5) is 2.82. The van der Waals surface area contributed by atoms with E-state index in [1.165, 1.54) is 139 Å². The lowest BCUT2D eigenvalue weighted by Crippen LogP contribution is -2.63. The maximum absolute atomic E-state index is 2.82. The Labute approximate surface area is 470 Å². The fourth-order valence-corrected chi connectivity index (χ4v) is 13.8. The SMILES string of the molecule is CC1(C)C(c2ccccc2)=C(c2ccccc2)C2=C1N(c1ccc(C(C)(C)C)cc1)B1c3c2cc(C(C)(C)C)cc3-n2c3cc4c5cc(C(C)(C)C)ccc5n(-c5ccc(C(C)(C)C)cc5)c4cc3c3cc(C(C)(C)C)cc1c32. The lowest BCUT2D eigenvalue weighted by atomic mass is 9.43. The maximum atomic E-state index is 2.82. The van der Waals surface area contributed by atoms with Crippen molar-refractivity contribution in [1.29, 1.82) is 0 Å². The summed E-state index contributed by atoms with van der Waals surface area (Å²) in [5.41, 5.74) is 26.7. The van der Waals surface area contributed by atoms with Crippen LogP contribution in [0, 0.1) is 5.41 Å². The lowest BCUT2D eigenvalue weighted by molar-refractivity contribution is 0.588. The molecule has 0 spiro atoms. The Bertz CT molecular complexity index is 4230. The van der Waals surface area contributed by atoms with Crippen molar-refractivity contribution in [2.45, 2.75) is 145 Å². The molecule has 2 aromatic heterocycles. The molecule has 79 heavy (non-hydrogen) atoms. The highest BCUT2D eigenvalue weighted by Gasteiger charge is 2.54. The Morgan fingerprint density at radius 3 is 1.41 bits per heavy atom. The molecule has 0 atom stereocenters. The number of aromatic nitrogens is 2. The van der Waals surface area contributed by atoms with Gasteiger partial charge in [0, 0.05) is 55.3 Å². The van der Waals surface area contributed by atoms with Gasteiger partial charge in [-0.15, -0.1) is 0 Å². The summed E-state index contributed by atoms with van der Waals surface area (Å²) >= 11 is 0. The average Bonchev–Trinajstić information content (AvgIpc) is 2.88. The van der Waals surface area contributed by atoms with Crippen LogP contribution >= 0.6 is 0 Å². The van der Waals surface area contributed by atoms with Gasteiger partial charge < -0.3 is 13.9 Å². The molecule has 0 unspecified atom stereocenters. The minimum absolute atomic E-state index is 0.00265. The molecular formula is C75H78BN3. The summed E-state index contributed by atoms with van der Waals surface area (Å²) in [6.45, 7) is 40.2. The van der Waals surface area contributed by atoms with Crippen LogP contribution in [-0.4, -0.2) is 16.0 Å². The molecule has 0 saturated heterocycles. The highest BCUT2D eigenvalue weighted by atomic mass is 15.1. The van der Waals surface area contributed by atoms with Crippen molar-refractivity contribution in [1.82, 2.24) is 9.13 Å². The van der Waals surface area contributed by atoms with E-state index in [9.17, 15) is 0 Å². The summed E-state index contributed by atoms with van der Waals surface area (Å²) < 4.78 is 5.27. The van der Waals surface area contributed by atoms with Gasteiger partial charge in [-0.3, -0.25) is 0 Å². The molecule has 8 aromatic carbocycles. The number of hydrogen-bond acceptors (Lipinski definition) is 1. The zero-order valence-electron chi connectivity index (χ0n) is 50.0. The van der Waals surface area contributed by atoms with Crippen molar-refractivity contribution in [3.63, 3.8) is 0 Å². The normalized spacial score (nSPS) is 15.6. The van der Waals surface area contributed by atoms with Crippen LogP contribution < -0.4 is 15.7 Å². The molecule has 1 aliphatic carbocycles. The van der Waals surface area contributed by atoms with E-state index in [1.807, 2.05) is 0 Å². The number of fused-ring (bicyclic) bond motifs is 9. The molecular weight excluding hydrogens is 954 g/mol. The van der Waals surface area contributed by atoms with Gasteiger partial charge in [0.1, 0.15) is 0 Å². The quantitative estimate of drug-likeness (QED) is 0.160. The first kappa shape index (κ1) is 51.2. The third-order valence-electron chi connectivity index (χ3n) is 18.2. The second kappa shape index (κ2) is 16.9. The second-order valence-electron chi connectivity index (χ2n) is 29.2. The average molecular weight is 1030 g/mol. The summed E-state index contributed by atoms with van der Waals surface area (Å²) in [5.74, 6) is 0. The molecule has 3 aliphatic rings. The van der Waals surface area contributed by atoms with E-state index in [0.29, 0.717) is 0 Å². The van der Waals surface area contributed by atoms with Crippen LogP contribution in [0.4, 0.5) is 5.69 Å². The van der Waals surface area contributed by atoms with Crippen molar-refractivity contribution in [3.8, 4) is 11.4 Å². The Morgan fingerprint density at radius 2 is 0.848 bits per heavy atom. The Morgan fingerprint density at radius 1 is 0.380 bits per heavy atom. The van der Waals surface area contributed by atoms with E-state index >= 15 is 0 Å². The Balaban J connectivity index is 1.22. The van der Waals surface area contributed by atoms with Crippen LogP contribution in [-0.2, 0) is 27.1 Å². The summed E-state index contributed by atoms with van der Waals surface area (Å²) in [6, 6.07) is 64.4. The van der Waals surface area contributed by atoms with E-state index in [4.69, 9.17) is 0 Å². The minimum Gasteiger partial charge on any atom is -0.379 e. The van der Waals surface area contributed by atoms with Crippen molar-refractivity contribution >= 4 is 83.8 Å². The van der Waals surface area contributed by atoms with Crippen LogP contribution in [0.2, 0.25) is 0 Å². The van der Waals surface area contributed by atoms with E-state index in [2.05, 4.69) is 295 Å². The number of hydrogen-bond donors (Lipinski definition) is 0. The predicted molar refractivity (Wildman–Crippen MR) is 343 cm³/mol. The van der Waals surface area contributed by atoms with Gasteiger partial charge in [-0.05, 0) is 154 Å². The molecule has 0 bridgehead atoms. The van der Waals surface area contributed by atoms with E-state index in [0.717, 1.165) is 0 Å². The standard InChI is InChI=1S/C75H78BN3/c1-70(2,3)47-28-33-52(34-29-47)77-60-37-32-49(72(7,8)9)38-54(60)55-43-62-56(44-61(55)77)57-39-50(73(10,11)12)41-59-68(57)78(62)63-42-51(74(13,14)15)40-58-65-64(45-24-20-18-21-25-45)66(46-26-22-19-23-27-46)75(16,17)69(65)79(76(59)67(58)63)53-35-30-48(31-36-53)71(4,5)6/h18-44H,1-17H3. The van der Waals surface area contributed by atoms with E-state index in [1.54, 1.807) is 0 Å². The van der Waals surface area contributed by atoms with Gasteiger partial charge in [0.2, 0.25) is 0 Å². The van der Waals surface area contributed by atoms with Gasteiger partial charge in [0.05, 0.1) is 22.1 Å². The largest absolute Gasteiger partial charge is 0.379 e. The van der Waals surface area contributed by atoms with Gasteiger partial charge in [-0.25, -0.2) is 0 Å². The van der Waals surface area contributed by atoms with E-state index < -0.39 is 5.41 Å².